The molecule has 0 saturated heterocycles. The Balaban J connectivity index is 2.37. The van der Waals surface area contributed by atoms with Crippen LogP contribution in [0.1, 0.15) is 36.3 Å². The highest BCUT2D eigenvalue weighted by Crippen LogP contribution is 2.39. The van der Waals surface area contributed by atoms with Gasteiger partial charge in [-0.15, -0.1) is 0 Å². The summed E-state index contributed by atoms with van der Waals surface area (Å²) in [5.74, 6) is -0.847. The number of aromatic nitrogens is 2. The molecule has 1 aromatic heterocycles. The van der Waals surface area contributed by atoms with Crippen molar-refractivity contribution >= 4 is 11.9 Å². The van der Waals surface area contributed by atoms with Gasteiger partial charge in [0.05, 0.1) is 12.6 Å². The van der Waals surface area contributed by atoms with Crippen LogP contribution in [0, 0.1) is 10.1 Å². The monoisotopic (exact) mass is 225 g/mol. The molecular weight excluding hydrogens is 214 g/mol. The van der Waals surface area contributed by atoms with Gasteiger partial charge in [-0.2, -0.15) is 0 Å². The van der Waals surface area contributed by atoms with Crippen LogP contribution in [0.15, 0.2) is 6.20 Å². The van der Waals surface area contributed by atoms with Gasteiger partial charge >= 0.3 is 11.9 Å². The minimum atomic E-state index is -0.582. The standard InChI is InChI=1S/C9H11N3O4/c1-2-16-8(13)7-5-10-9(12(14)15)11(7)6-3-4-6/h5-6H,2-4H2,1H3. The number of esters is 1. The van der Waals surface area contributed by atoms with E-state index in [0.717, 1.165) is 12.8 Å². The molecule has 0 aliphatic heterocycles. The van der Waals surface area contributed by atoms with E-state index in [0.29, 0.717) is 0 Å². The Bertz CT molecular complexity index is 436. The van der Waals surface area contributed by atoms with Crippen LogP contribution in [0.2, 0.25) is 0 Å². The third-order valence-corrected chi connectivity index (χ3v) is 2.34. The second kappa shape index (κ2) is 3.92. The Morgan fingerprint density at radius 2 is 2.44 bits per heavy atom. The number of imidazole rings is 1. The molecule has 0 bridgehead atoms. The third kappa shape index (κ3) is 1.75. The van der Waals surface area contributed by atoms with Crippen molar-refractivity contribution in [3.8, 4) is 0 Å². The third-order valence-electron chi connectivity index (χ3n) is 2.34. The van der Waals surface area contributed by atoms with E-state index < -0.39 is 10.9 Å². The van der Waals surface area contributed by atoms with Crippen molar-refractivity contribution in [2.45, 2.75) is 25.8 Å². The van der Waals surface area contributed by atoms with Gasteiger partial charge in [0.2, 0.25) is 5.69 Å². The number of carbonyl (C=O) groups excluding carboxylic acids is 1. The van der Waals surface area contributed by atoms with E-state index in [2.05, 4.69) is 4.98 Å². The summed E-state index contributed by atoms with van der Waals surface area (Å²) in [4.78, 5) is 25.3. The molecule has 1 aliphatic carbocycles. The molecule has 7 heteroatoms. The Labute approximate surface area is 91.2 Å². The molecule has 16 heavy (non-hydrogen) atoms. The molecule has 0 unspecified atom stereocenters. The van der Waals surface area contributed by atoms with Gasteiger partial charge in [0.25, 0.3) is 0 Å². The van der Waals surface area contributed by atoms with E-state index in [1.807, 2.05) is 0 Å². The molecule has 0 spiro atoms. The van der Waals surface area contributed by atoms with E-state index in [1.54, 1.807) is 6.92 Å². The highest BCUT2D eigenvalue weighted by atomic mass is 16.6. The molecule has 0 N–H and O–H groups in total. The highest BCUT2D eigenvalue weighted by Gasteiger charge is 2.37. The van der Waals surface area contributed by atoms with Crippen molar-refractivity contribution < 1.29 is 14.5 Å². The topological polar surface area (TPSA) is 87.3 Å². The number of hydrogen-bond acceptors (Lipinski definition) is 5. The summed E-state index contributed by atoms with van der Waals surface area (Å²) >= 11 is 0. The predicted molar refractivity (Wildman–Crippen MR) is 53.1 cm³/mol. The van der Waals surface area contributed by atoms with Gasteiger partial charge in [-0.25, -0.2) is 9.36 Å². The summed E-state index contributed by atoms with van der Waals surface area (Å²) in [6.45, 7) is 1.92. The molecule has 1 heterocycles. The number of nitrogens with zero attached hydrogens (tertiary/aromatic N) is 3. The van der Waals surface area contributed by atoms with E-state index in [1.165, 1.54) is 10.8 Å². The van der Waals surface area contributed by atoms with E-state index in [4.69, 9.17) is 4.74 Å². The molecular formula is C9H11N3O4. The first-order valence-corrected chi connectivity index (χ1v) is 5.04. The van der Waals surface area contributed by atoms with Crippen molar-refractivity contribution in [2.24, 2.45) is 0 Å². The van der Waals surface area contributed by atoms with Crippen LogP contribution < -0.4 is 0 Å². The Morgan fingerprint density at radius 1 is 1.75 bits per heavy atom. The fourth-order valence-corrected chi connectivity index (χ4v) is 1.53. The molecule has 2 rings (SSSR count). The number of hydrogen-bond donors (Lipinski definition) is 0. The normalized spacial score (nSPS) is 14.8. The van der Waals surface area contributed by atoms with Gasteiger partial charge < -0.3 is 14.9 Å². The van der Waals surface area contributed by atoms with Crippen molar-refractivity contribution in [3.05, 3.63) is 22.0 Å². The quantitative estimate of drug-likeness (QED) is 0.438. The first kappa shape index (κ1) is 10.6. The lowest BCUT2D eigenvalue weighted by atomic mass is 10.4. The van der Waals surface area contributed by atoms with Crippen LogP contribution in [0.25, 0.3) is 0 Å². The zero-order valence-corrected chi connectivity index (χ0v) is 8.75. The second-order valence-electron chi connectivity index (χ2n) is 3.52. The van der Waals surface area contributed by atoms with E-state index in [-0.39, 0.29) is 24.3 Å². The van der Waals surface area contributed by atoms with Gasteiger partial charge in [0.15, 0.2) is 6.20 Å². The fraction of sp³-hybridized carbons (Fsp3) is 0.556. The van der Waals surface area contributed by atoms with Gasteiger partial charge in [0, 0.05) is 0 Å². The average Bonchev–Trinajstić information content (AvgIpc) is 2.96. The zero-order valence-electron chi connectivity index (χ0n) is 8.75. The van der Waals surface area contributed by atoms with Crippen LogP contribution in [0.4, 0.5) is 5.95 Å². The number of ether oxygens (including phenoxy) is 1. The molecule has 86 valence electrons. The second-order valence-corrected chi connectivity index (χ2v) is 3.52. The predicted octanol–water partition coefficient (Wildman–Crippen LogP) is 1.30. The molecule has 0 aromatic carbocycles. The first-order chi connectivity index (χ1) is 7.65. The summed E-state index contributed by atoms with van der Waals surface area (Å²) in [5.41, 5.74) is 0.163. The zero-order chi connectivity index (χ0) is 11.7. The smallest absolute Gasteiger partial charge is 0.435 e. The maximum absolute atomic E-state index is 11.5. The van der Waals surface area contributed by atoms with Crippen molar-refractivity contribution in [3.63, 3.8) is 0 Å². The minimum Gasteiger partial charge on any atom is -0.460 e. The molecule has 1 aromatic rings. The maximum Gasteiger partial charge on any atom is 0.435 e. The summed E-state index contributed by atoms with van der Waals surface area (Å²) in [6.07, 6.45) is 2.88. The van der Waals surface area contributed by atoms with Crippen LogP contribution in [-0.2, 0) is 4.74 Å². The lowest BCUT2D eigenvalue weighted by Crippen LogP contribution is -2.12. The molecule has 1 aliphatic rings. The molecule has 1 saturated carbocycles. The fourth-order valence-electron chi connectivity index (χ4n) is 1.53. The van der Waals surface area contributed by atoms with E-state index >= 15 is 0 Å². The number of rotatable bonds is 4. The van der Waals surface area contributed by atoms with Crippen molar-refractivity contribution in [2.75, 3.05) is 6.61 Å². The summed E-state index contributed by atoms with van der Waals surface area (Å²) < 4.78 is 6.18. The maximum atomic E-state index is 11.5. The lowest BCUT2D eigenvalue weighted by molar-refractivity contribution is -0.396. The molecule has 7 nitrogen and oxygen atoms in total. The van der Waals surface area contributed by atoms with E-state index in [9.17, 15) is 14.9 Å². The highest BCUT2D eigenvalue weighted by molar-refractivity contribution is 5.87. The van der Waals surface area contributed by atoms with Gasteiger partial charge in [-0.1, -0.05) is 4.98 Å². The van der Waals surface area contributed by atoms with Crippen LogP contribution >= 0.6 is 0 Å². The Morgan fingerprint density at radius 3 is 2.94 bits per heavy atom. The Hall–Kier alpha value is -1.92. The summed E-state index contributed by atoms with van der Waals surface area (Å²) in [5, 5.41) is 10.7. The largest absolute Gasteiger partial charge is 0.460 e. The van der Waals surface area contributed by atoms with Crippen LogP contribution in [0.3, 0.4) is 0 Å². The van der Waals surface area contributed by atoms with Crippen molar-refractivity contribution in [1.29, 1.82) is 0 Å². The van der Waals surface area contributed by atoms with Crippen LogP contribution in [0.5, 0.6) is 0 Å². The van der Waals surface area contributed by atoms with Gasteiger partial charge in [0.1, 0.15) is 0 Å². The van der Waals surface area contributed by atoms with Gasteiger partial charge in [-0.3, -0.25) is 0 Å². The SMILES string of the molecule is CCOC(=O)c1cnc([N+](=O)[O-])n1C1CC1. The molecule has 1 fully saturated rings. The van der Waals surface area contributed by atoms with Crippen molar-refractivity contribution in [1.82, 2.24) is 9.55 Å². The molecule has 0 amide bonds. The minimum absolute atomic E-state index is 0.0160. The molecule has 0 atom stereocenters. The Kier molecular flexibility index (Phi) is 2.59. The first-order valence-electron chi connectivity index (χ1n) is 5.04. The van der Waals surface area contributed by atoms with Crippen LogP contribution in [-0.4, -0.2) is 27.1 Å². The molecule has 0 radical (unpaired) electrons. The summed E-state index contributed by atoms with van der Waals surface area (Å²) in [6, 6.07) is 0.0160. The number of carbonyl (C=O) groups is 1. The summed E-state index contributed by atoms with van der Waals surface area (Å²) in [7, 11) is 0. The lowest BCUT2D eigenvalue weighted by Gasteiger charge is -2.03. The van der Waals surface area contributed by atoms with Gasteiger partial charge in [-0.05, 0) is 24.7 Å². The average molecular weight is 225 g/mol. The number of nitro groups is 1.